The number of aromatic nitrogens is 2. The molecule has 6 N–H and O–H groups in total. The van der Waals surface area contributed by atoms with Crippen LogP contribution in [0.4, 0.5) is 21.8 Å². The molecular formula is C22H24FN5O4. The number of nitrogens with two attached hydrogens (primary N) is 3. The number of ether oxygens (including phenoxy) is 2. The molecular weight excluding hydrogens is 417 g/mol. The topological polar surface area (TPSA) is 156 Å². The first-order chi connectivity index (χ1) is 15.3. The third-order valence-electron chi connectivity index (χ3n) is 3.94. The zero-order valence-corrected chi connectivity index (χ0v) is 17.7. The van der Waals surface area contributed by atoms with Crippen LogP contribution >= 0.6 is 0 Å². The molecule has 2 aromatic carbocycles. The molecule has 0 unspecified atom stereocenters. The molecule has 0 spiro atoms. The van der Waals surface area contributed by atoms with Crippen molar-refractivity contribution in [3.63, 3.8) is 0 Å². The Labute approximate surface area is 184 Å². The van der Waals surface area contributed by atoms with E-state index in [1.807, 2.05) is 0 Å². The van der Waals surface area contributed by atoms with Crippen LogP contribution < -0.4 is 17.2 Å². The van der Waals surface area contributed by atoms with Crippen LogP contribution in [0.5, 0.6) is 0 Å². The number of nitrogens with zero attached hydrogens (tertiary/aromatic N) is 2. The predicted octanol–water partition coefficient (Wildman–Crippen LogP) is 3.07. The average Bonchev–Trinajstić information content (AvgIpc) is 2.77. The number of rotatable bonds is 5. The van der Waals surface area contributed by atoms with Crippen LogP contribution in [0.15, 0.2) is 48.5 Å². The van der Waals surface area contributed by atoms with Crippen molar-refractivity contribution in [2.24, 2.45) is 0 Å². The van der Waals surface area contributed by atoms with Crippen LogP contribution in [0.1, 0.15) is 34.6 Å². The lowest BCUT2D eigenvalue weighted by Gasteiger charge is -2.07. The van der Waals surface area contributed by atoms with Crippen molar-refractivity contribution in [2.75, 3.05) is 30.4 Å². The summed E-state index contributed by atoms with van der Waals surface area (Å²) in [5, 5.41) is 0. The van der Waals surface area contributed by atoms with Gasteiger partial charge in [-0.05, 0) is 44.2 Å². The number of halogens is 1. The van der Waals surface area contributed by atoms with Gasteiger partial charge in [0.05, 0.1) is 24.3 Å². The van der Waals surface area contributed by atoms with Gasteiger partial charge in [-0.3, -0.25) is 0 Å². The Morgan fingerprint density at radius 3 is 2.00 bits per heavy atom. The molecule has 0 saturated heterocycles. The normalized spacial score (nSPS) is 9.97. The highest BCUT2D eigenvalue weighted by atomic mass is 19.1. The van der Waals surface area contributed by atoms with Gasteiger partial charge in [-0.1, -0.05) is 18.2 Å². The first kappa shape index (κ1) is 24.1. The second-order valence-corrected chi connectivity index (χ2v) is 6.28. The van der Waals surface area contributed by atoms with Gasteiger partial charge in [0.1, 0.15) is 5.69 Å². The van der Waals surface area contributed by atoms with Gasteiger partial charge in [0, 0.05) is 11.3 Å². The molecule has 3 aromatic rings. The van der Waals surface area contributed by atoms with Crippen LogP contribution in [-0.2, 0) is 9.47 Å². The lowest BCUT2D eigenvalue weighted by atomic mass is 10.1. The lowest BCUT2D eigenvalue weighted by molar-refractivity contribution is 0.0517. The monoisotopic (exact) mass is 441 g/mol. The standard InChI is InChI=1S/C13H13FN4O2.C9H11NO2/c1-2-20-12(19)8-5-3-4-7(6-8)10-9(14)11(15)18-13(16)17-10;1-2-12-9(11)7-4-3-5-8(10)6-7/h3-6H,2H2,1H3,(H4,15,16,17,18);3-6H,2,10H2,1H3. The van der Waals surface area contributed by atoms with E-state index < -0.39 is 11.8 Å². The summed E-state index contributed by atoms with van der Waals surface area (Å²) in [4.78, 5) is 30.1. The van der Waals surface area contributed by atoms with Crippen LogP contribution in [0.2, 0.25) is 0 Å². The van der Waals surface area contributed by atoms with Crippen LogP contribution in [-0.4, -0.2) is 35.1 Å². The van der Waals surface area contributed by atoms with Crippen molar-refractivity contribution in [2.45, 2.75) is 13.8 Å². The smallest absolute Gasteiger partial charge is 0.338 e. The molecule has 32 heavy (non-hydrogen) atoms. The fraction of sp³-hybridized carbons (Fsp3) is 0.182. The van der Waals surface area contributed by atoms with Crippen molar-refractivity contribution in [3.8, 4) is 11.3 Å². The Bertz CT molecular complexity index is 1110. The summed E-state index contributed by atoms with van der Waals surface area (Å²) in [7, 11) is 0. The molecule has 9 nitrogen and oxygen atoms in total. The van der Waals surface area contributed by atoms with Gasteiger partial charge in [-0.15, -0.1) is 0 Å². The molecule has 0 fully saturated rings. The summed E-state index contributed by atoms with van der Waals surface area (Å²) in [5.41, 5.74) is 18.0. The Morgan fingerprint density at radius 2 is 1.44 bits per heavy atom. The Balaban J connectivity index is 0.000000258. The SMILES string of the molecule is CCOC(=O)c1cccc(-c2nc(N)nc(N)c2F)c1.CCOC(=O)c1cccc(N)c1. The van der Waals surface area contributed by atoms with Gasteiger partial charge in [0.25, 0.3) is 0 Å². The van der Waals surface area contributed by atoms with E-state index in [1.165, 1.54) is 6.07 Å². The molecule has 10 heteroatoms. The number of hydrogen-bond donors (Lipinski definition) is 3. The Morgan fingerprint density at radius 1 is 0.875 bits per heavy atom. The van der Waals surface area contributed by atoms with Crippen molar-refractivity contribution < 1.29 is 23.5 Å². The summed E-state index contributed by atoms with van der Waals surface area (Å²) in [6, 6.07) is 12.9. The maximum Gasteiger partial charge on any atom is 0.338 e. The van der Waals surface area contributed by atoms with E-state index in [4.69, 9.17) is 26.7 Å². The molecule has 0 amide bonds. The molecule has 0 radical (unpaired) electrons. The predicted molar refractivity (Wildman–Crippen MR) is 119 cm³/mol. The fourth-order valence-corrected chi connectivity index (χ4v) is 2.56. The molecule has 1 aromatic heterocycles. The number of hydrogen-bond acceptors (Lipinski definition) is 9. The number of nitrogen functional groups attached to an aromatic ring is 3. The third kappa shape index (κ3) is 6.39. The molecule has 0 bridgehead atoms. The van der Waals surface area contributed by atoms with E-state index in [0.717, 1.165) is 0 Å². The number of carbonyl (C=O) groups excluding carboxylic acids is 2. The minimum Gasteiger partial charge on any atom is -0.462 e. The van der Waals surface area contributed by atoms with E-state index in [0.29, 0.717) is 29.0 Å². The molecule has 1 heterocycles. The van der Waals surface area contributed by atoms with Gasteiger partial charge in [-0.25, -0.2) is 19.0 Å². The van der Waals surface area contributed by atoms with Gasteiger partial charge in [-0.2, -0.15) is 4.98 Å². The van der Waals surface area contributed by atoms with Crippen LogP contribution in [0.3, 0.4) is 0 Å². The molecule has 0 saturated carbocycles. The first-order valence-corrected chi connectivity index (χ1v) is 9.65. The van der Waals surface area contributed by atoms with E-state index in [-0.39, 0.29) is 30.0 Å². The molecule has 168 valence electrons. The molecule has 3 rings (SSSR count). The summed E-state index contributed by atoms with van der Waals surface area (Å²) in [6.45, 7) is 4.11. The molecule has 0 aliphatic rings. The maximum absolute atomic E-state index is 13.9. The van der Waals surface area contributed by atoms with Gasteiger partial charge in [0.15, 0.2) is 11.6 Å². The van der Waals surface area contributed by atoms with Gasteiger partial charge >= 0.3 is 11.9 Å². The number of benzene rings is 2. The highest BCUT2D eigenvalue weighted by Crippen LogP contribution is 2.25. The summed E-state index contributed by atoms with van der Waals surface area (Å²) >= 11 is 0. The molecule has 0 atom stereocenters. The lowest BCUT2D eigenvalue weighted by Crippen LogP contribution is -2.07. The second-order valence-electron chi connectivity index (χ2n) is 6.28. The minimum absolute atomic E-state index is 0.0545. The average molecular weight is 441 g/mol. The zero-order chi connectivity index (χ0) is 23.7. The van der Waals surface area contributed by atoms with Crippen molar-refractivity contribution in [1.82, 2.24) is 9.97 Å². The van der Waals surface area contributed by atoms with Crippen molar-refractivity contribution in [3.05, 3.63) is 65.5 Å². The van der Waals surface area contributed by atoms with Gasteiger partial charge < -0.3 is 26.7 Å². The van der Waals surface area contributed by atoms with Crippen molar-refractivity contribution >= 4 is 29.4 Å². The highest BCUT2D eigenvalue weighted by molar-refractivity contribution is 5.91. The number of esters is 2. The van der Waals surface area contributed by atoms with E-state index in [1.54, 1.807) is 56.3 Å². The molecule has 0 aliphatic heterocycles. The Kier molecular flexibility index (Phi) is 8.46. The molecule has 0 aliphatic carbocycles. The Hall–Kier alpha value is -4.21. The fourth-order valence-electron chi connectivity index (χ4n) is 2.56. The number of anilines is 3. The van der Waals surface area contributed by atoms with E-state index in [2.05, 4.69) is 9.97 Å². The second kappa shape index (κ2) is 11.3. The largest absolute Gasteiger partial charge is 0.462 e. The summed E-state index contributed by atoms with van der Waals surface area (Å²) in [5.74, 6) is -2.08. The van der Waals surface area contributed by atoms with E-state index >= 15 is 0 Å². The third-order valence-corrected chi connectivity index (χ3v) is 3.94. The zero-order valence-electron chi connectivity index (χ0n) is 17.7. The van der Waals surface area contributed by atoms with Crippen molar-refractivity contribution in [1.29, 1.82) is 0 Å². The maximum atomic E-state index is 13.9. The van der Waals surface area contributed by atoms with Crippen LogP contribution in [0.25, 0.3) is 11.3 Å². The van der Waals surface area contributed by atoms with E-state index in [9.17, 15) is 14.0 Å². The summed E-state index contributed by atoms with van der Waals surface area (Å²) in [6.07, 6.45) is 0. The van der Waals surface area contributed by atoms with Crippen LogP contribution in [0, 0.1) is 5.82 Å². The minimum atomic E-state index is -0.778. The highest BCUT2D eigenvalue weighted by Gasteiger charge is 2.15. The quantitative estimate of drug-likeness (QED) is 0.400. The first-order valence-electron chi connectivity index (χ1n) is 9.65. The van der Waals surface area contributed by atoms with Gasteiger partial charge in [0.2, 0.25) is 5.95 Å². The summed E-state index contributed by atoms with van der Waals surface area (Å²) < 4.78 is 23.6. The number of carbonyl (C=O) groups is 2.